The van der Waals surface area contributed by atoms with Gasteiger partial charge >= 0.3 is 12.1 Å². The lowest BCUT2D eigenvalue weighted by atomic mass is 10.2. The minimum absolute atomic E-state index is 0.113. The Hall–Kier alpha value is -2.08. The monoisotopic (exact) mass is 361 g/mol. The van der Waals surface area contributed by atoms with Gasteiger partial charge in [-0.3, -0.25) is 9.69 Å². The van der Waals surface area contributed by atoms with Crippen LogP contribution < -0.4 is 5.19 Å². The van der Waals surface area contributed by atoms with E-state index in [4.69, 9.17) is 9.47 Å². The summed E-state index contributed by atoms with van der Waals surface area (Å²) < 4.78 is 10.7. The van der Waals surface area contributed by atoms with E-state index in [9.17, 15) is 9.59 Å². The molecule has 136 valence electrons. The van der Waals surface area contributed by atoms with Crippen molar-refractivity contribution in [3.8, 4) is 0 Å². The second kappa shape index (κ2) is 7.04. The lowest BCUT2D eigenvalue weighted by Crippen LogP contribution is -2.58. The minimum atomic E-state index is -2.07. The maximum absolute atomic E-state index is 12.6. The first-order chi connectivity index (χ1) is 11.5. The number of hydrogen-bond donors (Lipinski definition) is 0. The number of cyclic esters (lactones) is 1. The molecular weight excluding hydrogens is 334 g/mol. The highest BCUT2D eigenvalue weighted by Crippen LogP contribution is 2.25. The van der Waals surface area contributed by atoms with Gasteiger partial charge in [0.05, 0.1) is 6.04 Å². The highest BCUT2D eigenvalue weighted by Gasteiger charge is 2.41. The van der Waals surface area contributed by atoms with E-state index in [0.717, 1.165) is 5.20 Å². The summed E-state index contributed by atoms with van der Waals surface area (Å²) in [5.74, 6) is -0.422. The van der Waals surface area contributed by atoms with Crippen molar-refractivity contribution in [3.05, 3.63) is 42.1 Å². The molecule has 2 rings (SSSR count). The van der Waals surface area contributed by atoms with Gasteiger partial charge < -0.3 is 9.47 Å². The van der Waals surface area contributed by atoms with Crippen molar-refractivity contribution in [2.75, 3.05) is 13.2 Å². The molecule has 5 nitrogen and oxygen atoms in total. The Morgan fingerprint density at radius 1 is 1.28 bits per heavy atom. The Kier molecular flexibility index (Phi) is 5.42. The Bertz CT molecular complexity index is 664. The van der Waals surface area contributed by atoms with E-state index >= 15 is 0 Å². The summed E-state index contributed by atoms with van der Waals surface area (Å²) >= 11 is 0. The molecule has 0 aromatic heterocycles. The van der Waals surface area contributed by atoms with Crippen molar-refractivity contribution in [1.82, 2.24) is 4.90 Å². The zero-order valence-corrected chi connectivity index (χ0v) is 16.7. The van der Waals surface area contributed by atoms with E-state index in [2.05, 4.69) is 31.8 Å². The van der Waals surface area contributed by atoms with Gasteiger partial charge in [-0.25, -0.2) is 4.79 Å². The average Bonchev–Trinajstić information content (AvgIpc) is 2.53. The molecule has 0 unspecified atom stereocenters. The first kappa shape index (κ1) is 19.2. The van der Waals surface area contributed by atoms with Gasteiger partial charge in [0.2, 0.25) is 0 Å². The third-order valence-corrected chi connectivity index (χ3v) is 8.12. The number of amides is 1. The van der Waals surface area contributed by atoms with E-state index in [1.807, 2.05) is 18.2 Å². The fourth-order valence-electron chi connectivity index (χ4n) is 2.81. The number of morpholine rings is 1. The molecule has 1 saturated heterocycles. The van der Waals surface area contributed by atoms with Gasteiger partial charge in [0, 0.05) is 0 Å². The third-order valence-electron chi connectivity index (χ3n) is 4.41. The molecule has 0 spiro atoms. The molecule has 1 amide bonds. The van der Waals surface area contributed by atoms with Crippen LogP contribution in [0.2, 0.25) is 13.1 Å². The summed E-state index contributed by atoms with van der Waals surface area (Å²) in [7, 11) is -2.07. The number of rotatable bonds is 3. The van der Waals surface area contributed by atoms with Crippen molar-refractivity contribution >= 4 is 25.3 Å². The predicted molar refractivity (Wildman–Crippen MR) is 100 cm³/mol. The van der Waals surface area contributed by atoms with Crippen LogP contribution in [-0.2, 0) is 14.3 Å². The number of esters is 1. The summed E-state index contributed by atoms with van der Waals surface area (Å²) in [4.78, 5) is 25.8. The van der Waals surface area contributed by atoms with Crippen LogP contribution in [0.15, 0.2) is 42.1 Å². The molecule has 0 radical (unpaired) electrons. The molecule has 1 aliphatic heterocycles. The lowest BCUT2D eigenvalue weighted by molar-refractivity contribution is -0.152. The molecule has 0 aliphatic carbocycles. The molecule has 1 aromatic rings. The largest absolute Gasteiger partial charge is 0.462 e. The number of benzene rings is 1. The van der Waals surface area contributed by atoms with Crippen LogP contribution in [0.5, 0.6) is 0 Å². The molecule has 0 N–H and O–H groups in total. The van der Waals surface area contributed by atoms with Crippen molar-refractivity contribution < 1.29 is 19.1 Å². The van der Waals surface area contributed by atoms with Gasteiger partial charge in [0.25, 0.3) is 0 Å². The van der Waals surface area contributed by atoms with Crippen molar-refractivity contribution in [2.45, 2.75) is 45.5 Å². The first-order valence-electron chi connectivity index (χ1n) is 8.42. The van der Waals surface area contributed by atoms with Gasteiger partial charge in [-0.2, -0.15) is 0 Å². The van der Waals surface area contributed by atoms with Crippen LogP contribution in [0.25, 0.3) is 0 Å². The van der Waals surface area contributed by atoms with Gasteiger partial charge in [-0.05, 0) is 20.8 Å². The van der Waals surface area contributed by atoms with Crippen LogP contribution in [0, 0.1) is 0 Å². The summed E-state index contributed by atoms with van der Waals surface area (Å²) in [5, 5.41) is 2.16. The zero-order valence-electron chi connectivity index (χ0n) is 15.7. The SMILES string of the molecule is C=C([C@H]1COC(=O)CN1C(=O)OC(C)(C)C)[Si](C)(C)c1ccccc1. The Morgan fingerprint density at radius 3 is 2.44 bits per heavy atom. The quantitative estimate of drug-likeness (QED) is 0.614. The molecule has 0 saturated carbocycles. The van der Waals surface area contributed by atoms with Gasteiger partial charge in [-0.15, -0.1) is 6.58 Å². The van der Waals surface area contributed by atoms with Gasteiger partial charge in [0.1, 0.15) is 26.8 Å². The van der Waals surface area contributed by atoms with E-state index in [1.165, 1.54) is 10.1 Å². The van der Waals surface area contributed by atoms with Crippen LogP contribution >= 0.6 is 0 Å². The molecule has 1 fully saturated rings. The fraction of sp³-hybridized carbons (Fsp3) is 0.474. The predicted octanol–water partition coefficient (Wildman–Crippen LogP) is 2.86. The average molecular weight is 362 g/mol. The highest BCUT2D eigenvalue weighted by atomic mass is 28.3. The normalized spacial score (nSPS) is 18.5. The molecule has 6 heteroatoms. The van der Waals surface area contributed by atoms with Crippen LogP contribution in [0.4, 0.5) is 4.79 Å². The van der Waals surface area contributed by atoms with Crippen LogP contribution in [0.1, 0.15) is 20.8 Å². The van der Waals surface area contributed by atoms with Gasteiger partial charge in [0.15, 0.2) is 0 Å². The number of nitrogens with zero attached hydrogens (tertiary/aromatic N) is 1. The Morgan fingerprint density at radius 2 is 1.88 bits per heavy atom. The summed E-state index contributed by atoms with van der Waals surface area (Å²) in [6.07, 6.45) is -0.506. The number of carbonyl (C=O) groups excluding carboxylic acids is 2. The molecule has 1 aliphatic rings. The van der Waals surface area contributed by atoms with Crippen molar-refractivity contribution in [1.29, 1.82) is 0 Å². The van der Waals surface area contributed by atoms with E-state index in [1.54, 1.807) is 20.8 Å². The Balaban J connectivity index is 2.28. The van der Waals surface area contributed by atoms with E-state index in [-0.39, 0.29) is 19.2 Å². The second-order valence-corrected chi connectivity index (χ2v) is 12.3. The van der Waals surface area contributed by atoms with Gasteiger partial charge in [-0.1, -0.05) is 53.8 Å². The molecule has 0 bridgehead atoms. The standard InChI is InChI=1S/C19H27NO4Si/c1-14(25(5,6)15-10-8-7-9-11-15)16-13-23-17(21)12-20(16)18(22)24-19(2,3)4/h7-11,16H,1,12-13H2,2-6H3/t16-/m1/s1. The molecule has 1 aromatic carbocycles. The highest BCUT2D eigenvalue weighted by molar-refractivity contribution is 6.95. The smallest absolute Gasteiger partial charge is 0.411 e. The topological polar surface area (TPSA) is 55.8 Å². The number of ether oxygens (including phenoxy) is 2. The molecule has 1 atom stereocenters. The molecule has 1 heterocycles. The molecule has 25 heavy (non-hydrogen) atoms. The number of hydrogen-bond acceptors (Lipinski definition) is 4. The van der Waals surface area contributed by atoms with Crippen LogP contribution in [0.3, 0.4) is 0 Å². The first-order valence-corrected chi connectivity index (χ1v) is 11.4. The lowest BCUT2D eigenvalue weighted by Gasteiger charge is -2.40. The second-order valence-electron chi connectivity index (χ2n) is 7.82. The third kappa shape index (κ3) is 4.51. The number of carbonyl (C=O) groups is 2. The fourth-order valence-corrected chi connectivity index (χ4v) is 5.28. The zero-order chi connectivity index (χ0) is 18.8. The van der Waals surface area contributed by atoms with E-state index in [0.29, 0.717) is 0 Å². The summed E-state index contributed by atoms with van der Waals surface area (Å²) in [6.45, 7) is 14.1. The maximum Gasteiger partial charge on any atom is 0.411 e. The Labute approximate surface area is 150 Å². The van der Waals surface area contributed by atoms with E-state index < -0.39 is 25.7 Å². The van der Waals surface area contributed by atoms with Crippen molar-refractivity contribution in [2.24, 2.45) is 0 Å². The van der Waals surface area contributed by atoms with Crippen LogP contribution in [-0.4, -0.2) is 49.8 Å². The summed E-state index contributed by atoms with van der Waals surface area (Å²) in [5.41, 5.74) is -0.628. The summed E-state index contributed by atoms with van der Waals surface area (Å²) in [6, 6.07) is 9.79. The van der Waals surface area contributed by atoms with Crippen molar-refractivity contribution in [3.63, 3.8) is 0 Å². The maximum atomic E-state index is 12.6. The minimum Gasteiger partial charge on any atom is -0.462 e. The molecular formula is C19H27NO4Si.